The molecule has 2 fully saturated rings. The Kier molecular flexibility index (Phi) is 6.15. The van der Waals surface area contributed by atoms with Crippen molar-refractivity contribution in [2.45, 2.75) is 38.2 Å². The molecule has 4 rings (SSSR count). The van der Waals surface area contributed by atoms with E-state index in [1.165, 1.54) is 11.1 Å². The van der Waals surface area contributed by atoms with Gasteiger partial charge in [0.25, 0.3) is 5.91 Å². The van der Waals surface area contributed by atoms with E-state index in [-0.39, 0.29) is 17.7 Å². The predicted molar refractivity (Wildman–Crippen MR) is 122 cm³/mol. The average molecular weight is 421 g/mol. The lowest BCUT2D eigenvalue weighted by Gasteiger charge is -2.44. The Bertz CT molecular complexity index is 949. The lowest BCUT2D eigenvalue weighted by Crippen LogP contribution is -2.62. The zero-order chi connectivity index (χ0) is 22.0. The first kappa shape index (κ1) is 21.6. The Labute approximate surface area is 185 Å². The fourth-order valence-electron chi connectivity index (χ4n) is 4.57. The third kappa shape index (κ3) is 4.52. The normalized spacial score (nSPS) is 21.5. The van der Waals surface area contributed by atoms with Gasteiger partial charge in [-0.2, -0.15) is 0 Å². The number of hydrogen-bond acceptors (Lipinski definition) is 3. The van der Waals surface area contributed by atoms with Gasteiger partial charge in [0.15, 0.2) is 5.60 Å². The Morgan fingerprint density at radius 3 is 2.45 bits per heavy atom. The number of hydrogen-bond donors (Lipinski definition) is 0. The zero-order valence-electron chi connectivity index (χ0n) is 18.8. The number of aryl methyl sites for hydroxylation is 1. The molecule has 1 saturated carbocycles. The highest BCUT2D eigenvalue weighted by Crippen LogP contribution is 2.32. The van der Waals surface area contributed by atoms with E-state index in [0.717, 1.165) is 30.4 Å². The van der Waals surface area contributed by atoms with Crippen molar-refractivity contribution in [3.05, 3.63) is 59.7 Å². The van der Waals surface area contributed by atoms with E-state index in [2.05, 4.69) is 55.5 Å². The summed E-state index contributed by atoms with van der Waals surface area (Å²) in [5.41, 5.74) is 3.54. The second kappa shape index (κ2) is 8.83. The predicted octanol–water partition coefficient (Wildman–Crippen LogP) is 3.69. The molecular weight excluding hydrogens is 388 g/mol. The molecule has 1 heterocycles. The van der Waals surface area contributed by atoms with Gasteiger partial charge in [-0.15, -0.1) is 0 Å². The minimum atomic E-state index is -1.04. The van der Waals surface area contributed by atoms with Crippen molar-refractivity contribution in [2.75, 3.05) is 33.8 Å². The van der Waals surface area contributed by atoms with Gasteiger partial charge < -0.3 is 14.5 Å². The highest BCUT2D eigenvalue weighted by molar-refractivity contribution is 5.87. The van der Waals surface area contributed by atoms with Crippen LogP contribution in [0.15, 0.2) is 48.5 Å². The summed E-state index contributed by atoms with van der Waals surface area (Å²) >= 11 is 0. The van der Waals surface area contributed by atoms with Crippen LogP contribution in [0.4, 0.5) is 0 Å². The van der Waals surface area contributed by atoms with Crippen molar-refractivity contribution in [3.8, 4) is 11.1 Å². The molecule has 0 N–H and O–H groups in total. The van der Waals surface area contributed by atoms with Crippen molar-refractivity contribution < 1.29 is 14.3 Å². The second-order valence-corrected chi connectivity index (χ2v) is 9.17. The van der Waals surface area contributed by atoms with Gasteiger partial charge in [0, 0.05) is 33.0 Å². The highest BCUT2D eigenvalue weighted by Gasteiger charge is 2.47. The second-order valence-electron chi connectivity index (χ2n) is 9.17. The summed E-state index contributed by atoms with van der Waals surface area (Å²) in [6, 6.07) is 16.7. The number of carbonyl (C=O) groups excluding carboxylic acids is 2. The molecule has 0 spiro atoms. The van der Waals surface area contributed by atoms with Gasteiger partial charge in [0.1, 0.15) is 0 Å². The number of carbonyl (C=O) groups is 2. The van der Waals surface area contributed by atoms with Crippen LogP contribution in [-0.2, 0) is 20.7 Å². The SMILES string of the molecule is Cc1cccc(-c2ccc(C[C@]3(C(=O)N(C)C)CN(C(=O)C4CCC4)CCO3)cc2)c1. The first-order chi connectivity index (χ1) is 14.9. The van der Waals surface area contributed by atoms with Gasteiger partial charge in [-0.25, -0.2) is 0 Å². The molecule has 0 aromatic heterocycles. The summed E-state index contributed by atoms with van der Waals surface area (Å²) in [6.07, 6.45) is 3.50. The number of amides is 2. The van der Waals surface area contributed by atoms with Crippen molar-refractivity contribution >= 4 is 11.8 Å². The van der Waals surface area contributed by atoms with Crippen LogP contribution in [-0.4, -0.2) is 61.0 Å². The standard InChI is InChI=1S/C26H32N2O3/c1-19-6-4-9-23(16-19)21-12-10-20(11-13-21)17-26(25(30)27(2)3)18-28(14-15-31-26)24(29)22-7-5-8-22/h4,6,9-13,16,22H,5,7-8,14-15,17-18H2,1-3H3/t26-/m1/s1. The summed E-state index contributed by atoms with van der Waals surface area (Å²) < 4.78 is 6.15. The maximum Gasteiger partial charge on any atom is 0.256 e. The van der Waals surface area contributed by atoms with Crippen LogP contribution in [0, 0.1) is 12.8 Å². The number of likely N-dealkylation sites (N-methyl/N-ethyl adjacent to an activating group) is 1. The van der Waals surface area contributed by atoms with E-state index in [1.807, 2.05) is 4.90 Å². The molecule has 5 heteroatoms. The van der Waals surface area contributed by atoms with Gasteiger partial charge in [-0.05, 0) is 36.5 Å². The first-order valence-corrected chi connectivity index (χ1v) is 11.2. The molecule has 0 radical (unpaired) electrons. The van der Waals surface area contributed by atoms with Crippen LogP contribution in [0.5, 0.6) is 0 Å². The smallest absolute Gasteiger partial charge is 0.256 e. The van der Waals surface area contributed by atoms with Crippen molar-refractivity contribution in [1.82, 2.24) is 9.80 Å². The molecule has 0 bridgehead atoms. The van der Waals surface area contributed by atoms with Crippen LogP contribution in [0.2, 0.25) is 0 Å². The van der Waals surface area contributed by atoms with Crippen LogP contribution in [0.1, 0.15) is 30.4 Å². The van der Waals surface area contributed by atoms with Crippen LogP contribution < -0.4 is 0 Å². The third-order valence-electron chi connectivity index (χ3n) is 6.54. The molecule has 164 valence electrons. The summed E-state index contributed by atoms with van der Waals surface area (Å²) in [5.74, 6) is 0.223. The van der Waals surface area contributed by atoms with Crippen molar-refractivity contribution in [2.24, 2.45) is 5.92 Å². The van der Waals surface area contributed by atoms with E-state index in [4.69, 9.17) is 4.74 Å². The van der Waals surface area contributed by atoms with Crippen LogP contribution in [0.3, 0.4) is 0 Å². The number of benzene rings is 2. The average Bonchev–Trinajstić information content (AvgIpc) is 2.72. The number of ether oxygens (including phenoxy) is 1. The van der Waals surface area contributed by atoms with E-state index >= 15 is 0 Å². The zero-order valence-corrected chi connectivity index (χ0v) is 18.8. The molecule has 1 saturated heterocycles. The molecule has 2 aromatic carbocycles. The molecule has 2 amide bonds. The fraction of sp³-hybridized carbons (Fsp3) is 0.462. The highest BCUT2D eigenvalue weighted by atomic mass is 16.5. The first-order valence-electron chi connectivity index (χ1n) is 11.2. The van der Waals surface area contributed by atoms with Crippen LogP contribution >= 0.6 is 0 Å². The summed E-state index contributed by atoms with van der Waals surface area (Å²) in [6.45, 7) is 3.36. The Morgan fingerprint density at radius 1 is 1.10 bits per heavy atom. The lowest BCUT2D eigenvalue weighted by molar-refractivity contribution is -0.174. The van der Waals surface area contributed by atoms with Gasteiger partial charge >= 0.3 is 0 Å². The van der Waals surface area contributed by atoms with Gasteiger partial charge in [0.05, 0.1) is 13.2 Å². The number of nitrogens with zero attached hydrogens (tertiary/aromatic N) is 2. The molecule has 2 aliphatic rings. The van der Waals surface area contributed by atoms with Gasteiger partial charge in [-0.3, -0.25) is 9.59 Å². The van der Waals surface area contributed by atoms with Gasteiger partial charge in [-0.1, -0.05) is 60.5 Å². The van der Waals surface area contributed by atoms with E-state index in [9.17, 15) is 9.59 Å². The van der Waals surface area contributed by atoms with Crippen molar-refractivity contribution in [3.63, 3.8) is 0 Å². The minimum absolute atomic E-state index is 0.0821. The quantitative estimate of drug-likeness (QED) is 0.741. The summed E-state index contributed by atoms with van der Waals surface area (Å²) in [5, 5.41) is 0. The Balaban J connectivity index is 1.56. The summed E-state index contributed by atoms with van der Waals surface area (Å²) in [7, 11) is 3.50. The molecular formula is C26H32N2O3. The Hall–Kier alpha value is -2.66. The lowest BCUT2D eigenvalue weighted by atomic mass is 9.83. The molecule has 1 aliphatic carbocycles. The number of morpholine rings is 1. The van der Waals surface area contributed by atoms with E-state index < -0.39 is 5.60 Å². The molecule has 0 unspecified atom stereocenters. The maximum absolute atomic E-state index is 13.2. The van der Waals surface area contributed by atoms with Crippen molar-refractivity contribution in [1.29, 1.82) is 0 Å². The van der Waals surface area contributed by atoms with Crippen LogP contribution in [0.25, 0.3) is 11.1 Å². The Morgan fingerprint density at radius 2 is 1.84 bits per heavy atom. The molecule has 2 aromatic rings. The minimum Gasteiger partial charge on any atom is -0.361 e. The topological polar surface area (TPSA) is 49.9 Å². The maximum atomic E-state index is 13.2. The number of rotatable bonds is 5. The molecule has 31 heavy (non-hydrogen) atoms. The van der Waals surface area contributed by atoms with E-state index in [0.29, 0.717) is 26.1 Å². The molecule has 1 aliphatic heterocycles. The third-order valence-corrected chi connectivity index (χ3v) is 6.54. The molecule has 5 nitrogen and oxygen atoms in total. The molecule has 1 atom stereocenters. The van der Waals surface area contributed by atoms with Gasteiger partial charge in [0.2, 0.25) is 5.91 Å². The largest absolute Gasteiger partial charge is 0.361 e. The fourth-order valence-corrected chi connectivity index (χ4v) is 4.57. The monoisotopic (exact) mass is 420 g/mol. The summed E-state index contributed by atoms with van der Waals surface area (Å²) in [4.78, 5) is 29.6. The van der Waals surface area contributed by atoms with E-state index in [1.54, 1.807) is 19.0 Å².